The van der Waals surface area contributed by atoms with Crippen LogP contribution in [0.25, 0.3) is 10.9 Å². The van der Waals surface area contributed by atoms with Crippen molar-refractivity contribution in [2.75, 3.05) is 50.6 Å². The molecule has 0 spiro atoms. The molecule has 214 valence electrons. The van der Waals surface area contributed by atoms with Crippen LogP contribution < -0.4 is 19.7 Å². The Bertz CT molecular complexity index is 1610. The SMILES string of the molecule is COc1cc2c(Oc3cc(C(=O)Nc4ccc(N5CCN(C)CC5)c(C(F)(F)F)c4)ccc3C)ncnc2cc1Cl. The van der Waals surface area contributed by atoms with Gasteiger partial charge in [-0.05, 0) is 62.0 Å². The van der Waals surface area contributed by atoms with Crippen LogP contribution in [0.1, 0.15) is 21.5 Å². The molecule has 1 aromatic heterocycles. The third kappa shape index (κ3) is 6.15. The average molecular weight is 586 g/mol. The Labute approximate surface area is 239 Å². The van der Waals surface area contributed by atoms with Gasteiger partial charge in [-0.25, -0.2) is 9.97 Å². The Kier molecular flexibility index (Phi) is 7.92. The van der Waals surface area contributed by atoms with Crippen molar-refractivity contribution in [3.05, 3.63) is 76.6 Å². The standard InChI is InChI=1S/C29H27ClF3N5O3/c1-17-4-5-18(12-25(17)41-28-20-14-26(40-3)22(30)15-23(20)34-16-35-28)27(39)36-19-6-7-24(21(13-19)29(31,32)33)38-10-8-37(2)9-11-38/h4-7,12-16H,8-11H2,1-3H3,(H,36,39). The normalized spacial score (nSPS) is 14.3. The van der Waals surface area contributed by atoms with Crippen molar-refractivity contribution in [1.29, 1.82) is 0 Å². The van der Waals surface area contributed by atoms with Gasteiger partial charge < -0.3 is 24.6 Å². The molecule has 41 heavy (non-hydrogen) atoms. The second-order valence-corrected chi connectivity index (χ2v) is 10.1. The van der Waals surface area contributed by atoms with E-state index in [1.165, 1.54) is 31.6 Å². The predicted molar refractivity (Wildman–Crippen MR) is 151 cm³/mol. The fourth-order valence-electron chi connectivity index (χ4n) is 4.59. The lowest BCUT2D eigenvalue weighted by Gasteiger charge is -2.35. The Morgan fingerprint density at radius 2 is 1.76 bits per heavy atom. The molecule has 12 heteroatoms. The van der Waals surface area contributed by atoms with Crippen LogP contribution in [0.15, 0.2) is 54.9 Å². The van der Waals surface area contributed by atoms with Crippen molar-refractivity contribution in [2.24, 2.45) is 0 Å². The number of carbonyl (C=O) groups is 1. The highest BCUT2D eigenvalue weighted by atomic mass is 35.5. The van der Waals surface area contributed by atoms with E-state index in [-0.39, 0.29) is 22.8 Å². The largest absolute Gasteiger partial charge is 0.495 e. The van der Waals surface area contributed by atoms with E-state index in [0.29, 0.717) is 59.2 Å². The Morgan fingerprint density at radius 1 is 1.00 bits per heavy atom. The van der Waals surface area contributed by atoms with Crippen LogP contribution in [-0.2, 0) is 6.18 Å². The van der Waals surface area contributed by atoms with E-state index in [2.05, 4.69) is 20.2 Å². The molecule has 5 rings (SSSR count). The number of anilines is 2. The van der Waals surface area contributed by atoms with E-state index in [0.717, 1.165) is 6.07 Å². The van der Waals surface area contributed by atoms with Gasteiger partial charge in [0.2, 0.25) is 5.88 Å². The highest BCUT2D eigenvalue weighted by molar-refractivity contribution is 6.32. The molecule has 1 saturated heterocycles. The molecule has 4 aromatic rings. The van der Waals surface area contributed by atoms with Gasteiger partial charge in [-0.2, -0.15) is 13.2 Å². The third-order valence-corrected chi connectivity index (χ3v) is 7.23. The van der Waals surface area contributed by atoms with Crippen molar-refractivity contribution in [2.45, 2.75) is 13.1 Å². The first kappa shape index (κ1) is 28.4. The number of likely N-dealkylation sites (N-methyl/N-ethyl adjacent to an activating group) is 1. The molecular formula is C29H27ClF3N5O3. The van der Waals surface area contributed by atoms with Crippen LogP contribution in [0.5, 0.6) is 17.4 Å². The van der Waals surface area contributed by atoms with Gasteiger partial charge in [-0.3, -0.25) is 4.79 Å². The maximum absolute atomic E-state index is 14.0. The molecule has 0 unspecified atom stereocenters. The minimum absolute atomic E-state index is 0.0361. The molecule has 0 radical (unpaired) electrons. The number of alkyl halides is 3. The predicted octanol–water partition coefficient (Wildman–Crippen LogP) is 6.42. The molecule has 1 aliphatic heterocycles. The molecule has 0 atom stereocenters. The van der Waals surface area contributed by atoms with Gasteiger partial charge in [-0.15, -0.1) is 0 Å². The van der Waals surface area contributed by atoms with E-state index in [4.69, 9.17) is 21.1 Å². The number of nitrogens with zero attached hydrogens (tertiary/aromatic N) is 4. The number of aromatic nitrogens is 2. The monoisotopic (exact) mass is 585 g/mol. The summed E-state index contributed by atoms with van der Waals surface area (Å²) in [6.45, 7) is 4.10. The maximum atomic E-state index is 14.0. The first-order valence-corrected chi connectivity index (χ1v) is 13.1. The van der Waals surface area contributed by atoms with E-state index in [9.17, 15) is 18.0 Å². The van der Waals surface area contributed by atoms with Gasteiger partial charge in [0.25, 0.3) is 5.91 Å². The topological polar surface area (TPSA) is 79.8 Å². The number of amides is 1. The second-order valence-electron chi connectivity index (χ2n) is 9.74. The molecule has 1 fully saturated rings. The number of methoxy groups -OCH3 is 1. The minimum atomic E-state index is -4.59. The third-order valence-electron chi connectivity index (χ3n) is 6.93. The lowest BCUT2D eigenvalue weighted by Crippen LogP contribution is -2.45. The Morgan fingerprint density at radius 3 is 2.46 bits per heavy atom. The molecule has 8 nitrogen and oxygen atoms in total. The minimum Gasteiger partial charge on any atom is -0.495 e. The Balaban J connectivity index is 1.40. The second kappa shape index (κ2) is 11.4. The molecule has 1 aliphatic rings. The molecule has 1 amide bonds. The van der Waals surface area contributed by atoms with E-state index >= 15 is 0 Å². The quantitative estimate of drug-likeness (QED) is 0.280. The average Bonchev–Trinajstić information content (AvgIpc) is 2.94. The van der Waals surface area contributed by atoms with Crippen LogP contribution in [-0.4, -0.2) is 61.1 Å². The maximum Gasteiger partial charge on any atom is 0.418 e. The number of rotatable bonds is 6. The number of piperazine rings is 1. The van der Waals surface area contributed by atoms with Gasteiger partial charge in [-0.1, -0.05) is 17.7 Å². The zero-order valence-corrected chi connectivity index (χ0v) is 23.3. The van der Waals surface area contributed by atoms with Crippen LogP contribution in [0, 0.1) is 6.92 Å². The summed E-state index contributed by atoms with van der Waals surface area (Å²) < 4.78 is 53.4. The van der Waals surface area contributed by atoms with Gasteiger partial charge in [0.1, 0.15) is 17.8 Å². The number of halogens is 4. The zero-order chi connectivity index (χ0) is 29.3. The van der Waals surface area contributed by atoms with Crippen molar-refractivity contribution in [3.8, 4) is 17.4 Å². The first-order valence-electron chi connectivity index (χ1n) is 12.8. The van der Waals surface area contributed by atoms with Crippen LogP contribution >= 0.6 is 11.6 Å². The fraction of sp³-hybridized carbons (Fsp3) is 0.276. The summed E-state index contributed by atoms with van der Waals surface area (Å²) in [5.41, 5.74) is 0.789. The van der Waals surface area contributed by atoms with Crippen LogP contribution in [0.4, 0.5) is 24.5 Å². The number of nitrogens with one attached hydrogen (secondary N) is 1. The summed E-state index contributed by atoms with van der Waals surface area (Å²) in [6, 6.07) is 11.9. The number of benzene rings is 3. The molecule has 3 aromatic carbocycles. The summed E-state index contributed by atoms with van der Waals surface area (Å²) in [7, 11) is 3.42. The highest BCUT2D eigenvalue weighted by Gasteiger charge is 2.36. The first-order chi connectivity index (χ1) is 19.5. The number of ether oxygens (including phenoxy) is 2. The molecular weight excluding hydrogens is 559 g/mol. The van der Waals surface area contributed by atoms with E-state index in [1.807, 2.05) is 7.05 Å². The molecule has 0 saturated carbocycles. The summed E-state index contributed by atoms with van der Waals surface area (Å²) in [5, 5.41) is 3.52. The molecule has 0 bridgehead atoms. The number of fused-ring (bicyclic) bond motifs is 1. The lowest BCUT2D eigenvalue weighted by atomic mass is 10.1. The van der Waals surface area contributed by atoms with Gasteiger partial charge in [0.05, 0.1) is 28.6 Å². The lowest BCUT2D eigenvalue weighted by molar-refractivity contribution is -0.137. The van der Waals surface area contributed by atoms with Crippen molar-refractivity contribution in [3.63, 3.8) is 0 Å². The van der Waals surface area contributed by atoms with Crippen LogP contribution in [0.3, 0.4) is 0 Å². The number of aryl methyl sites for hydroxylation is 1. The summed E-state index contributed by atoms with van der Waals surface area (Å²) in [5.74, 6) is 0.393. The van der Waals surface area contributed by atoms with Gasteiger partial charge >= 0.3 is 6.18 Å². The van der Waals surface area contributed by atoms with Gasteiger partial charge in [0, 0.05) is 43.1 Å². The smallest absolute Gasteiger partial charge is 0.418 e. The molecule has 2 heterocycles. The zero-order valence-electron chi connectivity index (χ0n) is 22.6. The van der Waals surface area contributed by atoms with E-state index in [1.54, 1.807) is 36.1 Å². The number of hydrogen-bond acceptors (Lipinski definition) is 7. The van der Waals surface area contributed by atoms with Crippen molar-refractivity contribution < 1.29 is 27.4 Å². The van der Waals surface area contributed by atoms with E-state index < -0.39 is 17.6 Å². The van der Waals surface area contributed by atoms with Crippen molar-refractivity contribution in [1.82, 2.24) is 14.9 Å². The fourth-order valence-corrected chi connectivity index (χ4v) is 4.83. The number of hydrogen-bond donors (Lipinski definition) is 1. The molecule has 0 aliphatic carbocycles. The summed E-state index contributed by atoms with van der Waals surface area (Å²) in [4.78, 5) is 25.4. The van der Waals surface area contributed by atoms with Crippen LogP contribution in [0.2, 0.25) is 5.02 Å². The summed E-state index contributed by atoms with van der Waals surface area (Å²) in [6.07, 6.45) is -3.26. The Hall–Kier alpha value is -4.09. The molecule has 1 N–H and O–H groups in total. The van der Waals surface area contributed by atoms with Crippen molar-refractivity contribution >= 4 is 39.8 Å². The number of carbonyl (C=O) groups excluding carboxylic acids is 1. The van der Waals surface area contributed by atoms with Gasteiger partial charge in [0.15, 0.2) is 0 Å². The highest BCUT2D eigenvalue weighted by Crippen LogP contribution is 2.39. The summed E-state index contributed by atoms with van der Waals surface area (Å²) >= 11 is 6.21.